The lowest BCUT2D eigenvalue weighted by Gasteiger charge is -2.29. The highest BCUT2D eigenvalue weighted by Gasteiger charge is 2.43. The molecule has 4 amide bonds. The van der Waals surface area contributed by atoms with Crippen molar-refractivity contribution in [2.75, 3.05) is 6.54 Å². The molecule has 62 heavy (non-hydrogen) atoms. The number of primary amides is 1. The molecule has 3 aromatic rings. The van der Waals surface area contributed by atoms with Gasteiger partial charge in [-0.05, 0) is 56.7 Å². The standard InChI is InChI=1S/C48H60N4O10/c1-5-16-35(45(58)39(53)25-26-41(55)51-44(46(49)59)34-21-13-8-14-22-34)28-40(54)38-29-36(61-31-33-19-11-7-12-20-33)30-52(38)47(60)37(23-15-24-43(57)62-48(2,3)4)50-42(56)27-32-17-9-6-10-18-32/h6-14,17-22,35-38,44H,5,15-16,23-31H2,1-4H3,(H2,49,59)(H,50,56)(H,51,55)/t35?,36-,37+,38+,44+/m1/s1. The van der Waals surface area contributed by atoms with Crippen LogP contribution in [0.1, 0.15) is 108 Å². The first-order valence-electron chi connectivity index (χ1n) is 21.3. The first-order valence-corrected chi connectivity index (χ1v) is 21.3. The van der Waals surface area contributed by atoms with E-state index in [2.05, 4.69) is 10.6 Å². The molecule has 1 aliphatic rings. The molecule has 332 valence electrons. The molecule has 0 aliphatic carbocycles. The van der Waals surface area contributed by atoms with Gasteiger partial charge in [0.25, 0.3) is 0 Å². The minimum absolute atomic E-state index is 0.00287. The number of likely N-dealkylation sites (tertiary alicyclic amines) is 1. The average molecular weight is 853 g/mol. The van der Waals surface area contributed by atoms with Crippen LogP contribution in [0.15, 0.2) is 91.0 Å². The molecule has 0 bridgehead atoms. The second-order valence-corrected chi connectivity index (χ2v) is 16.7. The van der Waals surface area contributed by atoms with Gasteiger partial charge >= 0.3 is 5.97 Å². The number of esters is 1. The third-order valence-corrected chi connectivity index (χ3v) is 10.4. The molecule has 1 saturated heterocycles. The highest BCUT2D eigenvalue weighted by atomic mass is 16.6. The Morgan fingerprint density at radius 3 is 1.98 bits per heavy atom. The lowest BCUT2D eigenvalue weighted by Crippen LogP contribution is -2.52. The number of ketones is 3. The number of hydrogen-bond donors (Lipinski definition) is 3. The predicted octanol–water partition coefficient (Wildman–Crippen LogP) is 5.05. The Labute approximate surface area is 363 Å². The van der Waals surface area contributed by atoms with E-state index in [0.29, 0.717) is 12.0 Å². The van der Waals surface area contributed by atoms with E-state index in [1.165, 1.54) is 4.90 Å². The number of nitrogens with zero attached hydrogens (tertiary/aromatic N) is 1. The van der Waals surface area contributed by atoms with E-state index >= 15 is 0 Å². The zero-order valence-electron chi connectivity index (χ0n) is 36.1. The van der Waals surface area contributed by atoms with E-state index < -0.39 is 89.1 Å². The molecule has 0 radical (unpaired) electrons. The van der Waals surface area contributed by atoms with Gasteiger partial charge in [0.2, 0.25) is 29.4 Å². The van der Waals surface area contributed by atoms with Gasteiger partial charge in [-0.15, -0.1) is 0 Å². The van der Waals surface area contributed by atoms with Crippen LogP contribution in [0.2, 0.25) is 0 Å². The smallest absolute Gasteiger partial charge is 0.306 e. The molecule has 1 fully saturated rings. The number of rotatable bonds is 24. The third-order valence-electron chi connectivity index (χ3n) is 10.4. The van der Waals surface area contributed by atoms with Gasteiger partial charge in [0.05, 0.1) is 25.2 Å². The van der Waals surface area contributed by atoms with E-state index in [4.69, 9.17) is 15.2 Å². The second-order valence-electron chi connectivity index (χ2n) is 16.7. The van der Waals surface area contributed by atoms with Crippen LogP contribution in [-0.4, -0.2) is 82.2 Å². The minimum Gasteiger partial charge on any atom is -0.460 e. The fourth-order valence-corrected chi connectivity index (χ4v) is 7.41. The van der Waals surface area contributed by atoms with Crippen molar-refractivity contribution in [3.05, 3.63) is 108 Å². The lowest BCUT2D eigenvalue weighted by atomic mass is 9.87. The summed E-state index contributed by atoms with van der Waals surface area (Å²) in [6.07, 6.45) is -0.675. The van der Waals surface area contributed by atoms with Crippen molar-refractivity contribution in [1.29, 1.82) is 0 Å². The van der Waals surface area contributed by atoms with Crippen molar-refractivity contribution < 1.29 is 47.8 Å². The van der Waals surface area contributed by atoms with Crippen LogP contribution in [0.25, 0.3) is 0 Å². The molecular weight excluding hydrogens is 793 g/mol. The molecular formula is C48H60N4O10. The van der Waals surface area contributed by atoms with E-state index in [9.17, 15) is 38.4 Å². The van der Waals surface area contributed by atoms with Crippen molar-refractivity contribution in [3.63, 3.8) is 0 Å². The predicted molar refractivity (Wildman–Crippen MR) is 231 cm³/mol. The fourth-order valence-electron chi connectivity index (χ4n) is 7.41. The van der Waals surface area contributed by atoms with E-state index in [1.807, 2.05) is 43.3 Å². The Bertz CT molecular complexity index is 2000. The van der Waals surface area contributed by atoms with Crippen molar-refractivity contribution in [2.45, 2.75) is 128 Å². The Balaban J connectivity index is 1.51. The van der Waals surface area contributed by atoms with Crippen molar-refractivity contribution >= 4 is 46.9 Å². The lowest BCUT2D eigenvalue weighted by molar-refractivity contribution is -0.155. The number of hydrogen-bond acceptors (Lipinski definition) is 10. The fraction of sp³-hybridized carbons (Fsp3) is 0.458. The Morgan fingerprint density at radius 2 is 1.39 bits per heavy atom. The summed E-state index contributed by atoms with van der Waals surface area (Å²) in [5.41, 5.74) is 6.90. The highest BCUT2D eigenvalue weighted by Crippen LogP contribution is 2.28. The number of ether oxygens (including phenoxy) is 2. The molecule has 3 aromatic carbocycles. The first-order chi connectivity index (χ1) is 29.5. The summed E-state index contributed by atoms with van der Waals surface area (Å²) < 4.78 is 11.7. The topological polar surface area (TPSA) is 208 Å². The highest BCUT2D eigenvalue weighted by molar-refractivity contribution is 6.38. The molecule has 5 atom stereocenters. The summed E-state index contributed by atoms with van der Waals surface area (Å²) in [5.74, 6) is -5.95. The Hall–Kier alpha value is -6.02. The van der Waals surface area contributed by atoms with Crippen molar-refractivity contribution in [2.24, 2.45) is 11.7 Å². The summed E-state index contributed by atoms with van der Waals surface area (Å²) in [7, 11) is 0. The molecule has 4 N–H and O–H groups in total. The zero-order valence-corrected chi connectivity index (χ0v) is 36.1. The third kappa shape index (κ3) is 15.8. The number of carbonyl (C=O) groups excluding carboxylic acids is 8. The first kappa shape index (κ1) is 48.6. The molecule has 0 spiro atoms. The largest absolute Gasteiger partial charge is 0.460 e. The van der Waals surface area contributed by atoms with Crippen LogP contribution < -0.4 is 16.4 Å². The van der Waals surface area contributed by atoms with Crippen molar-refractivity contribution in [1.82, 2.24) is 15.5 Å². The number of benzene rings is 3. The van der Waals surface area contributed by atoms with E-state index in [1.54, 1.807) is 75.4 Å². The quantitative estimate of drug-likeness (QED) is 0.0807. The van der Waals surface area contributed by atoms with Gasteiger partial charge in [-0.25, -0.2) is 0 Å². The summed E-state index contributed by atoms with van der Waals surface area (Å²) in [4.78, 5) is 108. The minimum atomic E-state index is -1.13. The monoisotopic (exact) mass is 852 g/mol. The molecule has 14 nitrogen and oxygen atoms in total. The van der Waals surface area contributed by atoms with Gasteiger partial charge in [0.1, 0.15) is 17.7 Å². The average Bonchev–Trinajstić information content (AvgIpc) is 3.68. The Kier molecular flexibility index (Phi) is 18.7. The number of nitrogens with one attached hydrogen (secondary N) is 2. The maximum absolute atomic E-state index is 14.6. The summed E-state index contributed by atoms with van der Waals surface area (Å²) in [5, 5.41) is 5.37. The summed E-state index contributed by atoms with van der Waals surface area (Å²) in [6, 6.07) is 23.5. The SMILES string of the molecule is CCCC(CC(=O)[C@@H]1C[C@@H](OCc2ccccc2)CN1C(=O)[C@H](CCCC(=O)OC(C)(C)C)NC(=O)Cc1ccccc1)C(=O)C(=O)CCC(=O)N[C@H](C(N)=O)c1ccccc1. The van der Waals surface area contributed by atoms with E-state index in [0.717, 1.165) is 11.1 Å². The van der Waals surface area contributed by atoms with Gasteiger partial charge in [-0.1, -0.05) is 104 Å². The molecule has 0 aromatic heterocycles. The van der Waals surface area contributed by atoms with Crippen LogP contribution >= 0.6 is 0 Å². The van der Waals surface area contributed by atoms with Crippen LogP contribution in [0.3, 0.4) is 0 Å². The van der Waals surface area contributed by atoms with Gasteiger partial charge < -0.3 is 30.7 Å². The van der Waals surface area contributed by atoms with Crippen molar-refractivity contribution in [3.8, 4) is 0 Å². The number of carbonyl (C=O) groups is 8. The second kappa shape index (κ2) is 23.8. The number of Topliss-reactive ketones (excluding diaryl/α,β-unsaturated/α-hetero) is 3. The van der Waals surface area contributed by atoms with Crippen LogP contribution in [0, 0.1) is 5.92 Å². The maximum atomic E-state index is 14.6. The van der Waals surface area contributed by atoms with Crippen LogP contribution in [0.4, 0.5) is 0 Å². The normalized spacial score (nSPS) is 16.4. The van der Waals surface area contributed by atoms with Gasteiger partial charge in [0.15, 0.2) is 11.6 Å². The molecule has 1 heterocycles. The van der Waals surface area contributed by atoms with Crippen LogP contribution in [0.5, 0.6) is 0 Å². The zero-order chi connectivity index (χ0) is 45.2. The van der Waals surface area contributed by atoms with Gasteiger partial charge in [-0.3, -0.25) is 38.4 Å². The molecule has 1 aliphatic heterocycles. The number of amides is 4. The molecule has 4 rings (SSSR count). The van der Waals surface area contributed by atoms with Crippen LogP contribution in [-0.2, 0) is 60.9 Å². The maximum Gasteiger partial charge on any atom is 0.306 e. The Morgan fingerprint density at radius 1 is 0.774 bits per heavy atom. The molecule has 14 heteroatoms. The molecule has 1 unspecified atom stereocenters. The van der Waals surface area contributed by atoms with Gasteiger partial charge in [0, 0.05) is 44.6 Å². The molecule has 0 saturated carbocycles. The summed E-state index contributed by atoms with van der Waals surface area (Å²) >= 11 is 0. The summed E-state index contributed by atoms with van der Waals surface area (Å²) in [6.45, 7) is 7.32. The van der Waals surface area contributed by atoms with E-state index in [-0.39, 0.29) is 64.5 Å². The number of nitrogens with two attached hydrogens (primary N) is 1. The van der Waals surface area contributed by atoms with Gasteiger partial charge in [-0.2, -0.15) is 0 Å².